The summed E-state index contributed by atoms with van der Waals surface area (Å²) in [6.45, 7) is 0. The van der Waals surface area contributed by atoms with Crippen molar-refractivity contribution in [1.29, 1.82) is 0 Å². The second-order valence-electron chi connectivity index (χ2n) is 4.41. The van der Waals surface area contributed by atoms with Crippen molar-refractivity contribution in [2.75, 3.05) is 12.0 Å². The van der Waals surface area contributed by atoms with Crippen LogP contribution in [-0.2, 0) is 24.5 Å². The Morgan fingerprint density at radius 3 is 1.95 bits per heavy atom. The first kappa shape index (κ1) is 16.6. The number of unbranched alkanes of at least 4 members (excludes halogenated alkanes) is 1. The fourth-order valence-electron chi connectivity index (χ4n) is 1.58. The lowest BCUT2D eigenvalue weighted by Crippen LogP contribution is -2.08. The van der Waals surface area contributed by atoms with E-state index in [0.29, 0.717) is 0 Å². The molecule has 0 fully saturated rings. The van der Waals surface area contributed by atoms with Gasteiger partial charge in [0.15, 0.2) is 19.7 Å². The van der Waals surface area contributed by atoms with Gasteiger partial charge < -0.3 is 5.11 Å². The van der Waals surface area contributed by atoms with Crippen molar-refractivity contribution in [3.63, 3.8) is 0 Å². The molecule has 0 unspecified atom stereocenters. The lowest BCUT2D eigenvalue weighted by Gasteiger charge is -2.05. The summed E-state index contributed by atoms with van der Waals surface area (Å²) in [5, 5.41) is 8.46. The molecule has 1 rings (SSSR count). The van der Waals surface area contributed by atoms with Crippen molar-refractivity contribution in [3.8, 4) is 0 Å². The molecule has 1 aromatic carbocycles. The van der Waals surface area contributed by atoms with Gasteiger partial charge in [-0.05, 0) is 37.1 Å². The Morgan fingerprint density at radius 2 is 1.50 bits per heavy atom. The van der Waals surface area contributed by atoms with Gasteiger partial charge in [0.05, 0.1) is 15.5 Å². The number of aliphatic carboxylic acids is 1. The lowest BCUT2D eigenvalue weighted by molar-refractivity contribution is -0.137. The minimum Gasteiger partial charge on any atom is -0.481 e. The molecule has 0 amide bonds. The van der Waals surface area contributed by atoms with Crippen molar-refractivity contribution in [3.05, 3.63) is 24.3 Å². The van der Waals surface area contributed by atoms with Crippen LogP contribution in [0.4, 0.5) is 0 Å². The molecule has 0 atom stereocenters. The van der Waals surface area contributed by atoms with Gasteiger partial charge in [0.25, 0.3) is 0 Å². The highest BCUT2D eigenvalue weighted by Gasteiger charge is 2.15. The Hall–Kier alpha value is -1.41. The molecule has 8 heteroatoms. The second-order valence-corrected chi connectivity index (χ2v) is 8.54. The average Bonchev–Trinajstić information content (AvgIpc) is 2.34. The van der Waals surface area contributed by atoms with Gasteiger partial charge >= 0.3 is 5.97 Å². The number of rotatable bonds is 7. The zero-order chi connectivity index (χ0) is 15.4. The number of sulfone groups is 2. The number of hydrogen-bond acceptors (Lipinski definition) is 5. The van der Waals surface area contributed by atoms with Crippen molar-refractivity contribution in [1.82, 2.24) is 0 Å². The van der Waals surface area contributed by atoms with Gasteiger partial charge in [0.2, 0.25) is 0 Å². The van der Waals surface area contributed by atoms with Crippen LogP contribution in [0.3, 0.4) is 0 Å². The van der Waals surface area contributed by atoms with E-state index in [4.69, 9.17) is 5.11 Å². The van der Waals surface area contributed by atoms with Crippen molar-refractivity contribution >= 4 is 25.6 Å². The molecule has 0 radical (unpaired) electrons. The van der Waals surface area contributed by atoms with Crippen LogP contribution in [0.15, 0.2) is 34.1 Å². The summed E-state index contributed by atoms with van der Waals surface area (Å²) >= 11 is 0. The van der Waals surface area contributed by atoms with E-state index < -0.39 is 25.6 Å². The third-order valence-corrected chi connectivity index (χ3v) is 5.61. The van der Waals surface area contributed by atoms with Gasteiger partial charge in [-0.25, -0.2) is 16.8 Å². The number of carbonyl (C=O) groups is 1. The zero-order valence-electron chi connectivity index (χ0n) is 10.9. The van der Waals surface area contributed by atoms with Gasteiger partial charge in [-0.15, -0.1) is 0 Å². The van der Waals surface area contributed by atoms with E-state index >= 15 is 0 Å². The first-order chi connectivity index (χ1) is 9.13. The predicted molar refractivity (Wildman–Crippen MR) is 73.1 cm³/mol. The SMILES string of the molecule is CS(=O)(=O)c1ccc(S(=O)(=O)CCCCC(=O)O)cc1. The monoisotopic (exact) mass is 320 g/mol. The Kier molecular flexibility index (Phi) is 5.29. The molecule has 0 saturated heterocycles. The van der Waals surface area contributed by atoms with Gasteiger partial charge in [0.1, 0.15) is 0 Å². The maximum atomic E-state index is 11.9. The smallest absolute Gasteiger partial charge is 0.303 e. The van der Waals surface area contributed by atoms with Gasteiger partial charge in [-0.1, -0.05) is 0 Å². The maximum Gasteiger partial charge on any atom is 0.303 e. The molecule has 0 bridgehead atoms. The van der Waals surface area contributed by atoms with Crippen LogP contribution in [0.1, 0.15) is 19.3 Å². The number of carboxylic acids is 1. The third kappa shape index (κ3) is 4.93. The number of hydrogen-bond donors (Lipinski definition) is 1. The highest BCUT2D eigenvalue weighted by atomic mass is 32.2. The van der Waals surface area contributed by atoms with E-state index in [9.17, 15) is 21.6 Å². The molecule has 0 heterocycles. The average molecular weight is 320 g/mol. The van der Waals surface area contributed by atoms with Crippen LogP contribution < -0.4 is 0 Å². The molecule has 0 aliphatic heterocycles. The molecular weight excluding hydrogens is 304 g/mol. The third-order valence-electron chi connectivity index (χ3n) is 2.66. The second kappa shape index (κ2) is 6.36. The summed E-state index contributed by atoms with van der Waals surface area (Å²) in [5.41, 5.74) is 0. The summed E-state index contributed by atoms with van der Waals surface area (Å²) in [6.07, 6.45) is 1.52. The van der Waals surface area contributed by atoms with E-state index in [2.05, 4.69) is 0 Å². The molecule has 0 spiro atoms. The quantitative estimate of drug-likeness (QED) is 0.755. The standard InChI is InChI=1S/C12H16O6S2/c1-19(15,16)10-5-7-11(8-6-10)20(17,18)9-3-2-4-12(13)14/h5-8H,2-4,9H2,1H3,(H,13,14). The normalized spacial score (nSPS) is 12.2. The Labute approximate surface area is 118 Å². The van der Waals surface area contributed by atoms with Crippen LogP contribution in [0, 0.1) is 0 Å². The highest BCUT2D eigenvalue weighted by Crippen LogP contribution is 2.16. The fraction of sp³-hybridized carbons (Fsp3) is 0.417. The van der Waals surface area contributed by atoms with Crippen molar-refractivity contribution in [2.45, 2.75) is 29.1 Å². The molecule has 6 nitrogen and oxygen atoms in total. The minimum atomic E-state index is -3.51. The molecule has 0 saturated carbocycles. The van der Waals surface area contributed by atoms with Gasteiger partial charge in [0, 0.05) is 12.7 Å². The van der Waals surface area contributed by atoms with E-state index in [1.165, 1.54) is 24.3 Å². The predicted octanol–water partition coefficient (Wildman–Crippen LogP) is 1.12. The molecule has 20 heavy (non-hydrogen) atoms. The first-order valence-electron chi connectivity index (χ1n) is 5.87. The van der Waals surface area contributed by atoms with Crippen LogP contribution >= 0.6 is 0 Å². The first-order valence-corrected chi connectivity index (χ1v) is 9.42. The Bertz CT molecular complexity index is 671. The van der Waals surface area contributed by atoms with E-state index in [0.717, 1.165) is 6.26 Å². The highest BCUT2D eigenvalue weighted by molar-refractivity contribution is 7.91. The molecule has 1 aromatic rings. The molecule has 0 aliphatic carbocycles. The van der Waals surface area contributed by atoms with Gasteiger partial charge in [-0.3, -0.25) is 4.79 Å². The summed E-state index contributed by atoms with van der Waals surface area (Å²) in [7, 11) is -6.86. The summed E-state index contributed by atoms with van der Waals surface area (Å²) in [4.78, 5) is 10.4. The molecule has 0 aromatic heterocycles. The van der Waals surface area contributed by atoms with Crippen molar-refractivity contribution < 1.29 is 26.7 Å². The molecular formula is C12H16O6S2. The summed E-state index contributed by atoms with van der Waals surface area (Å²) < 4.78 is 46.4. The molecule has 1 N–H and O–H groups in total. The minimum absolute atomic E-state index is 0.0419. The van der Waals surface area contributed by atoms with E-state index in [-0.39, 0.29) is 34.8 Å². The Balaban J connectivity index is 2.76. The molecule has 112 valence electrons. The van der Waals surface area contributed by atoms with Crippen LogP contribution in [0.5, 0.6) is 0 Å². The van der Waals surface area contributed by atoms with Gasteiger partial charge in [-0.2, -0.15) is 0 Å². The summed E-state index contributed by atoms with van der Waals surface area (Å²) in [5.74, 6) is -1.11. The Morgan fingerprint density at radius 1 is 1.00 bits per heavy atom. The lowest BCUT2D eigenvalue weighted by atomic mass is 10.2. The zero-order valence-corrected chi connectivity index (χ0v) is 12.6. The number of carboxylic acid groups (broad SMARTS) is 1. The van der Waals surface area contributed by atoms with E-state index in [1.54, 1.807) is 0 Å². The van der Waals surface area contributed by atoms with Crippen LogP contribution in [-0.4, -0.2) is 39.9 Å². The van der Waals surface area contributed by atoms with Crippen LogP contribution in [0.25, 0.3) is 0 Å². The van der Waals surface area contributed by atoms with Crippen molar-refractivity contribution in [2.24, 2.45) is 0 Å². The van der Waals surface area contributed by atoms with E-state index in [1.807, 2.05) is 0 Å². The number of benzene rings is 1. The van der Waals surface area contributed by atoms with Crippen LogP contribution in [0.2, 0.25) is 0 Å². The fourth-order valence-corrected chi connectivity index (χ4v) is 3.58. The topological polar surface area (TPSA) is 106 Å². The largest absolute Gasteiger partial charge is 0.481 e. The maximum absolute atomic E-state index is 11.9. The summed E-state index contributed by atoms with van der Waals surface area (Å²) in [6, 6.07) is 5.00. The molecule has 0 aliphatic rings.